The molecule has 1 heterocycles. The number of hydrogen-bond donors (Lipinski definition) is 2. The van der Waals surface area contributed by atoms with Gasteiger partial charge in [0.25, 0.3) is 11.8 Å². The maximum Gasteiger partial charge on any atom is 0.286 e. The molecule has 0 spiro atoms. The van der Waals surface area contributed by atoms with Gasteiger partial charge in [0.15, 0.2) is 0 Å². The number of carbonyl (C=O) groups is 2. The molecule has 2 N–H and O–H groups in total. The summed E-state index contributed by atoms with van der Waals surface area (Å²) in [6, 6.07) is 16.4. The Hall–Kier alpha value is -3.06. The van der Waals surface area contributed by atoms with Crippen LogP contribution in [-0.2, 0) is 0 Å². The first-order valence-corrected chi connectivity index (χ1v) is 8.92. The van der Waals surface area contributed by atoms with E-state index < -0.39 is 0 Å². The Labute approximate surface area is 155 Å². The summed E-state index contributed by atoms with van der Waals surface area (Å²) in [7, 11) is 0. The molecule has 0 fully saturated rings. The van der Waals surface area contributed by atoms with Crippen LogP contribution in [0, 0.1) is 6.92 Å². The van der Waals surface area contributed by atoms with Gasteiger partial charge >= 0.3 is 0 Å². The molecule has 26 heavy (non-hydrogen) atoms. The van der Waals surface area contributed by atoms with Gasteiger partial charge in [-0.25, -0.2) is 0 Å². The quantitative estimate of drug-likeness (QED) is 0.723. The van der Waals surface area contributed by atoms with E-state index in [1.807, 2.05) is 37.3 Å². The van der Waals surface area contributed by atoms with Crippen molar-refractivity contribution in [2.24, 2.45) is 0 Å². The van der Waals surface area contributed by atoms with E-state index in [1.54, 1.807) is 31.2 Å². The topological polar surface area (TPSA) is 84.0 Å². The lowest BCUT2D eigenvalue weighted by atomic mass is 10.1. The van der Waals surface area contributed by atoms with Crippen LogP contribution in [0.5, 0.6) is 0 Å². The van der Waals surface area contributed by atoms with Crippen molar-refractivity contribution in [1.82, 2.24) is 15.5 Å². The lowest BCUT2D eigenvalue weighted by Crippen LogP contribution is -2.26. The predicted octanol–water partition coefficient (Wildman–Crippen LogP) is 3.59. The van der Waals surface area contributed by atoms with Crippen LogP contribution >= 0.6 is 11.3 Å². The zero-order chi connectivity index (χ0) is 18.5. The molecular weight excluding hydrogens is 348 g/mol. The molecule has 0 aliphatic heterocycles. The van der Waals surface area contributed by atoms with Crippen molar-refractivity contribution in [3.8, 4) is 0 Å². The Bertz CT molecular complexity index is 924. The second kappa shape index (κ2) is 7.88. The van der Waals surface area contributed by atoms with Crippen LogP contribution in [0.3, 0.4) is 0 Å². The standard InChI is InChI=1S/C19H18N4O2S/c1-12(14-7-4-3-5-8-14)20-17(24)15-9-6-10-16(11-15)21-18(25)19-23-22-13(2)26-19/h3-12H,1-2H3,(H,20,24)(H,21,25)/t12-/m1/s1. The third kappa shape index (κ3) is 4.31. The molecule has 2 amide bonds. The van der Waals surface area contributed by atoms with Crippen LogP contribution in [0.15, 0.2) is 54.6 Å². The van der Waals surface area contributed by atoms with Crippen molar-refractivity contribution >= 4 is 28.8 Å². The van der Waals surface area contributed by atoms with Crippen molar-refractivity contribution < 1.29 is 9.59 Å². The largest absolute Gasteiger partial charge is 0.346 e. The molecule has 1 atom stereocenters. The third-order valence-electron chi connectivity index (χ3n) is 3.75. The average molecular weight is 366 g/mol. The van der Waals surface area contributed by atoms with Crippen molar-refractivity contribution in [3.63, 3.8) is 0 Å². The number of anilines is 1. The molecule has 2 aromatic carbocycles. The molecule has 7 heteroatoms. The van der Waals surface area contributed by atoms with Gasteiger partial charge in [-0.2, -0.15) is 0 Å². The number of aryl methyl sites for hydroxylation is 1. The van der Waals surface area contributed by atoms with Gasteiger partial charge in [0.05, 0.1) is 6.04 Å². The van der Waals surface area contributed by atoms with E-state index in [4.69, 9.17) is 0 Å². The highest BCUT2D eigenvalue weighted by atomic mass is 32.1. The predicted molar refractivity (Wildman–Crippen MR) is 101 cm³/mol. The summed E-state index contributed by atoms with van der Waals surface area (Å²) < 4.78 is 0. The first-order chi connectivity index (χ1) is 12.5. The molecule has 0 aliphatic rings. The first-order valence-electron chi connectivity index (χ1n) is 8.10. The van der Waals surface area contributed by atoms with E-state index in [0.717, 1.165) is 10.6 Å². The highest BCUT2D eigenvalue weighted by Gasteiger charge is 2.14. The zero-order valence-electron chi connectivity index (χ0n) is 14.4. The Morgan fingerprint density at radius 1 is 1.00 bits per heavy atom. The minimum absolute atomic E-state index is 0.119. The maximum atomic E-state index is 12.5. The normalized spacial score (nSPS) is 11.6. The van der Waals surface area contributed by atoms with Crippen molar-refractivity contribution in [2.45, 2.75) is 19.9 Å². The van der Waals surface area contributed by atoms with E-state index in [2.05, 4.69) is 20.8 Å². The molecule has 0 aliphatic carbocycles. The number of nitrogens with one attached hydrogen (secondary N) is 2. The Balaban J connectivity index is 1.68. The van der Waals surface area contributed by atoms with Gasteiger partial charge in [-0.3, -0.25) is 9.59 Å². The Kier molecular flexibility index (Phi) is 5.38. The lowest BCUT2D eigenvalue weighted by molar-refractivity contribution is 0.0938. The van der Waals surface area contributed by atoms with Crippen LogP contribution in [-0.4, -0.2) is 22.0 Å². The molecule has 0 unspecified atom stereocenters. The summed E-state index contributed by atoms with van der Waals surface area (Å²) >= 11 is 1.22. The van der Waals surface area contributed by atoms with Gasteiger partial charge in [0.2, 0.25) is 5.01 Å². The summed E-state index contributed by atoms with van der Waals surface area (Å²) in [6.07, 6.45) is 0. The molecule has 0 bridgehead atoms. The van der Waals surface area contributed by atoms with Gasteiger partial charge < -0.3 is 10.6 Å². The molecule has 0 saturated carbocycles. The van der Waals surface area contributed by atoms with Gasteiger partial charge in [-0.05, 0) is 37.6 Å². The van der Waals surface area contributed by atoms with E-state index in [9.17, 15) is 9.59 Å². The first kappa shape index (κ1) is 17.8. The van der Waals surface area contributed by atoms with Crippen molar-refractivity contribution in [1.29, 1.82) is 0 Å². The summed E-state index contributed by atoms with van der Waals surface area (Å²) in [5.74, 6) is -0.546. The number of benzene rings is 2. The summed E-state index contributed by atoms with van der Waals surface area (Å²) in [5.41, 5.74) is 2.03. The van der Waals surface area contributed by atoms with Crippen LogP contribution in [0.2, 0.25) is 0 Å². The SMILES string of the molecule is Cc1nnc(C(=O)Nc2cccc(C(=O)N[C@H](C)c3ccccc3)c2)s1. The lowest BCUT2D eigenvalue weighted by Gasteiger charge is -2.14. The average Bonchev–Trinajstić information content (AvgIpc) is 3.09. The highest BCUT2D eigenvalue weighted by molar-refractivity contribution is 7.13. The molecule has 3 rings (SSSR count). The number of nitrogens with zero attached hydrogens (tertiary/aromatic N) is 2. The van der Waals surface area contributed by atoms with Gasteiger partial charge in [-0.1, -0.05) is 47.7 Å². The highest BCUT2D eigenvalue weighted by Crippen LogP contribution is 2.16. The summed E-state index contributed by atoms with van der Waals surface area (Å²) in [5, 5.41) is 14.4. The number of rotatable bonds is 5. The van der Waals surface area contributed by atoms with E-state index in [0.29, 0.717) is 11.3 Å². The number of aromatic nitrogens is 2. The second-order valence-electron chi connectivity index (χ2n) is 5.77. The van der Waals surface area contributed by atoms with E-state index in [1.165, 1.54) is 11.3 Å². The smallest absolute Gasteiger partial charge is 0.286 e. The van der Waals surface area contributed by atoms with Crippen molar-refractivity contribution in [2.75, 3.05) is 5.32 Å². The fourth-order valence-electron chi connectivity index (χ4n) is 2.42. The van der Waals surface area contributed by atoms with Crippen LogP contribution < -0.4 is 10.6 Å². The Morgan fingerprint density at radius 2 is 1.77 bits per heavy atom. The third-order valence-corrected chi connectivity index (χ3v) is 4.59. The minimum Gasteiger partial charge on any atom is -0.346 e. The number of carbonyl (C=O) groups excluding carboxylic acids is 2. The van der Waals surface area contributed by atoms with Gasteiger partial charge in [0.1, 0.15) is 5.01 Å². The zero-order valence-corrected chi connectivity index (χ0v) is 15.2. The molecule has 6 nitrogen and oxygen atoms in total. The summed E-state index contributed by atoms with van der Waals surface area (Å²) in [4.78, 5) is 24.7. The van der Waals surface area contributed by atoms with Gasteiger partial charge in [0, 0.05) is 11.3 Å². The van der Waals surface area contributed by atoms with Crippen molar-refractivity contribution in [3.05, 3.63) is 75.7 Å². The fraction of sp³-hybridized carbons (Fsp3) is 0.158. The molecule has 0 radical (unpaired) electrons. The van der Waals surface area contributed by atoms with E-state index in [-0.39, 0.29) is 22.9 Å². The second-order valence-corrected chi connectivity index (χ2v) is 6.95. The van der Waals surface area contributed by atoms with E-state index >= 15 is 0 Å². The van der Waals surface area contributed by atoms with Crippen LogP contribution in [0.4, 0.5) is 5.69 Å². The van der Waals surface area contributed by atoms with Crippen LogP contribution in [0.25, 0.3) is 0 Å². The Morgan fingerprint density at radius 3 is 2.46 bits per heavy atom. The van der Waals surface area contributed by atoms with Gasteiger partial charge in [-0.15, -0.1) is 10.2 Å². The number of amides is 2. The molecular formula is C19H18N4O2S. The number of hydrogen-bond acceptors (Lipinski definition) is 5. The fourth-order valence-corrected chi connectivity index (χ4v) is 3.00. The molecule has 3 aromatic rings. The minimum atomic E-state index is -0.342. The summed E-state index contributed by atoms with van der Waals surface area (Å²) in [6.45, 7) is 3.71. The maximum absolute atomic E-state index is 12.5. The molecule has 1 aromatic heterocycles. The molecule has 132 valence electrons. The van der Waals surface area contributed by atoms with Crippen LogP contribution in [0.1, 0.15) is 43.7 Å². The molecule has 0 saturated heterocycles. The monoisotopic (exact) mass is 366 g/mol.